The average Bonchev–Trinajstić information content (AvgIpc) is 3.15. The van der Waals surface area contributed by atoms with Crippen LogP contribution in [0.25, 0.3) is 0 Å². The number of piperidine rings is 1. The Bertz CT molecular complexity index is 699. The quantitative estimate of drug-likeness (QED) is 0.868. The number of aromatic nitrogens is 1. The van der Waals surface area contributed by atoms with Gasteiger partial charge in [-0.3, -0.25) is 9.69 Å². The molecule has 1 aromatic carbocycles. The number of thiazole rings is 1. The van der Waals surface area contributed by atoms with Gasteiger partial charge in [-0.1, -0.05) is 18.2 Å². The summed E-state index contributed by atoms with van der Waals surface area (Å²) in [6.45, 7) is 4.00. The first kappa shape index (κ1) is 14.8. The minimum atomic E-state index is 0.267. The maximum Gasteiger partial charge on any atom is 0.227 e. The smallest absolute Gasteiger partial charge is 0.227 e. The SMILES string of the molecule is Cc1nc(CN2CC[C@H]3[C@@H]2CCC(=O)N3c2ccccc2)cs1. The van der Waals surface area contributed by atoms with E-state index in [0.717, 1.165) is 42.3 Å². The van der Waals surface area contributed by atoms with Crippen molar-refractivity contribution in [1.82, 2.24) is 9.88 Å². The molecule has 0 radical (unpaired) electrons. The van der Waals surface area contributed by atoms with Crippen LogP contribution in [0.5, 0.6) is 0 Å². The number of rotatable bonds is 3. The molecule has 0 spiro atoms. The summed E-state index contributed by atoms with van der Waals surface area (Å²) in [6, 6.07) is 10.9. The van der Waals surface area contributed by atoms with Crippen molar-refractivity contribution in [3.05, 3.63) is 46.4 Å². The topological polar surface area (TPSA) is 36.4 Å². The van der Waals surface area contributed by atoms with Crippen LogP contribution in [0, 0.1) is 6.92 Å². The first-order chi connectivity index (χ1) is 11.2. The zero-order chi connectivity index (χ0) is 15.8. The van der Waals surface area contributed by atoms with Gasteiger partial charge in [-0.05, 0) is 31.9 Å². The summed E-state index contributed by atoms with van der Waals surface area (Å²) >= 11 is 1.71. The van der Waals surface area contributed by atoms with Crippen molar-refractivity contribution in [3.8, 4) is 0 Å². The van der Waals surface area contributed by atoms with Crippen LogP contribution in [0.4, 0.5) is 5.69 Å². The van der Waals surface area contributed by atoms with Gasteiger partial charge in [0.25, 0.3) is 0 Å². The minimum Gasteiger partial charge on any atom is -0.308 e. The number of nitrogens with zero attached hydrogens (tertiary/aromatic N) is 3. The highest BCUT2D eigenvalue weighted by molar-refractivity contribution is 7.09. The molecule has 1 amide bonds. The number of hydrogen-bond donors (Lipinski definition) is 0. The van der Waals surface area contributed by atoms with Crippen LogP contribution in [-0.2, 0) is 11.3 Å². The second-order valence-electron chi connectivity index (χ2n) is 6.39. The van der Waals surface area contributed by atoms with Crippen molar-refractivity contribution in [2.45, 2.75) is 44.8 Å². The fourth-order valence-electron chi connectivity index (χ4n) is 3.96. The number of aryl methyl sites for hydroxylation is 1. The monoisotopic (exact) mass is 327 g/mol. The molecule has 2 saturated heterocycles. The normalized spacial score (nSPS) is 24.9. The molecule has 0 aliphatic carbocycles. The molecule has 120 valence electrons. The zero-order valence-electron chi connectivity index (χ0n) is 13.3. The molecule has 4 rings (SSSR count). The maximum absolute atomic E-state index is 12.5. The number of hydrogen-bond acceptors (Lipinski definition) is 4. The Labute approximate surface area is 140 Å². The van der Waals surface area contributed by atoms with Crippen molar-refractivity contribution in [1.29, 1.82) is 0 Å². The van der Waals surface area contributed by atoms with Crippen molar-refractivity contribution in [2.24, 2.45) is 0 Å². The molecule has 2 aromatic rings. The summed E-state index contributed by atoms with van der Waals surface area (Å²) < 4.78 is 0. The summed E-state index contributed by atoms with van der Waals surface area (Å²) in [5, 5.41) is 3.28. The molecule has 0 N–H and O–H groups in total. The Morgan fingerprint density at radius 3 is 2.78 bits per heavy atom. The predicted octanol–water partition coefficient (Wildman–Crippen LogP) is 3.22. The molecule has 3 heterocycles. The maximum atomic E-state index is 12.5. The molecule has 1 aromatic heterocycles. The molecule has 0 saturated carbocycles. The lowest BCUT2D eigenvalue weighted by Gasteiger charge is -2.39. The highest BCUT2D eigenvalue weighted by Crippen LogP contribution is 2.35. The Morgan fingerprint density at radius 1 is 1.22 bits per heavy atom. The van der Waals surface area contributed by atoms with Gasteiger partial charge >= 0.3 is 0 Å². The van der Waals surface area contributed by atoms with Crippen LogP contribution < -0.4 is 4.90 Å². The molecule has 2 aliphatic heterocycles. The second-order valence-corrected chi connectivity index (χ2v) is 7.45. The van der Waals surface area contributed by atoms with E-state index in [1.165, 1.54) is 0 Å². The van der Waals surface area contributed by atoms with Crippen LogP contribution in [-0.4, -0.2) is 34.4 Å². The van der Waals surface area contributed by atoms with E-state index in [1.807, 2.05) is 35.2 Å². The van der Waals surface area contributed by atoms with Gasteiger partial charge in [0.1, 0.15) is 0 Å². The standard InChI is InChI=1S/C18H21N3OS/c1-13-19-14(12-23-13)11-20-10-9-17-16(20)7-8-18(22)21(17)15-5-3-2-4-6-15/h2-6,12,16-17H,7-11H2,1H3/t16-,17-/m0/s1. The van der Waals surface area contributed by atoms with E-state index in [0.29, 0.717) is 18.5 Å². The predicted molar refractivity (Wildman–Crippen MR) is 92.6 cm³/mol. The van der Waals surface area contributed by atoms with Crippen molar-refractivity contribution in [2.75, 3.05) is 11.4 Å². The van der Waals surface area contributed by atoms with Crippen LogP contribution in [0.1, 0.15) is 30.0 Å². The number of para-hydroxylation sites is 1. The molecule has 0 bridgehead atoms. The summed E-state index contributed by atoms with van der Waals surface area (Å²) in [6.07, 6.45) is 2.66. The third-order valence-corrected chi connectivity index (χ3v) is 5.77. The van der Waals surface area contributed by atoms with Gasteiger partial charge in [-0.2, -0.15) is 0 Å². The van der Waals surface area contributed by atoms with E-state index >= 15 is 0 Å². The third-order valence-electron chi connectivity index (χ3n) is 4.95. The van der Waals surface area contributed by atoms with Crippen molar-refractivity contribution in [3.63, 3.8) is 0 Å². The molecular formula is C18H21N3OS. The third kappa shape index (κ3) is 2.79. The number of likely N-dealkylation sites (tertiary alicyclic amines) is 1. The molecule has 5 heteroatoms. The summed E-state index contributed by atoms with van der Waals surface area (Å²) in [5.74, 6) is 0.267. The summed E-state index contributed by atoms with van der Waals surface area (Å²) in [4.78, 5) is 21.7. The number of benzene rings is 1. The van der Waals surface area contributed by atoms with E-state index in [9.17, 15) is 4.79 Å². The van der Waals surface area contributed by atoms with Gasteiger partial charge in [-0.15, -0.1) is 11.3 Å². The average molecular weight is 327 g/mol. The molecule has 0 unspecified atom stereocenters. The van der Waals surface area contributed by atoms with Crippen LogP contribution in [0.15, 0.2) is 35.7 Å². The highest BCUT2D eigenvalue weighted by atomic mass is 32.1. The zero-order valence-corrected chi connectivity index (χ0v) is 14.1. The van der Waals surface area contributed by atoms with E-state index < -0.39 is 0 Å². The molecule has 2 fully saturated rings. The molecule has 2 atom stereocenters. The lowest BCUT2D eigenvalue weighted by molar-refractivity contribution is -0.120. The molecule has 23 heavy (non-hydrogen) atoms. The second kappa shape index (κ2) is 6.06. The van der Waals surface area contributed by atoms with Crippen molar-refractivity contribution >= 4 is 22.9 Å². The van der Waals surface area contributed by atoms with E-state index in [1.54, 1.807) is 11.3 Å². The highest BCUT2D eigenvalue weighted by Gasteiger charge is 2.43. The molecule has 4 nitrogen and oxygen atoms in total. The van der Waals surface area contributed by atoms with Gasteiger partial charge in [0.2, 0.25) is 5.91 Å². The summed E-state index contributed by atoms with van der Waals surface area (Å²) in [7, 11) is 0. The Morgan fingerprint density at radius 2 is 2.04 bits per heavy atom. The number of carbonyl (C=O) groups is 1. The molecule has 2 aliphatic rings. The fraction of sp³-hybridized carbons (Fsp3) is 0.444. The largest absolute Gasteiger partial charge is 0.308 e. The fourth-order valence-corrected chi connectivity index (χ4v) is 4.57. The first-order valence-corrected chi connectivity index (χ1v) is 9.12. The molecular weight excluding hydrogens is 306 g/mol. The van der Waals surface area contributed by atoms with Crippen LogP contribution in [0.3, 0.4) is 0 Å². The Balaban J connectivity index is 1.55. The van der Waals surface area contributed by atoms with Gasteiger partial charge < -0.3 is 4.90 Å². The van der Waals surface area contributed by atoms with Gasteiger partial charge in [-0.25, -0.2) is 4.98 Å². The van der Waals surface area contributed by atoms with E-state index in [-0.39, 0.29) is 5.91 Å². The van der Waals surface area contributed by atoms with E-state index in [4.69, 9.17) is 0 Å². The minimum absolute atomic E-state index is 0.267. The Hall–Kier alpha value is -1.72. The van der Waals surface area contributed by atoms with Gasteiger partial charge in [0, 0.05) is 36.6 Å². The first-order valence-electron chi connectivity index (χ1n) is 8.24. The number of fused-ring (bicyclic) bond motifs is 1. The lowest BCUT2D eigenvalue weighted by atomic mass is 9.95. The Kier molecular flexibility index (Phi) is 3.91. The van der Waals surface area contributed by atoms with Gasteiger partial charge in [0.15, 0.2) is 0 Å². The number of amides is 1. The van der Waals surface area contributed by atoms with E-state index in [2.05, 4.69) is 22.2 Å². The van der Waals surface area contributed by atoms with Crippen molar-refractivity contribution < 1.29 is 4.79 Å². The number of carbonyl (C=O) groups excluding carboxylic acids is 1. The van der Waals surface area contributed by atoms with Gasteiger partial charge in [0.05, 0.1) is 16.7 Å². The van der Waals surface area contributed by atoms with Crippen LogP contribution in [0.2, 0.25) is 0 Å². The summed E-state index contributed by atoms with van der Waals surface area (Å²) in [5.41, 5.74) is 2.20. The van der Waals surface area contributed by atoms with Crippen LogP contribution >= 0.6 is 11.3 Å². The number of anilines is 1. The lowest BCUT2D eigenvalue weighted by Crippen LogP contribution is -2.52.